The Labute approximate surface area is 63.0 Å². The van der Waals surface area contributed by atoms with Gasteiger partial charge in [-0.3, -0.25) is 0 Å². The van der Waals surface area contributed by atoms with Crippen molar-refractivity contribution in [3.63, 3.8) is 0 Å². The molecular weight excluding hydrogens is 251 g/mol. The Balaban J connectivity index is 0. The van der Waals surface area contributed by atoms with Gasteiger partial charge in [0.05, 0.1) is 8.41 Å². The van der Waals surface area contributed by atoms with Gasteiger partial charge in [0.25, 0.3) is 0 Å². The molecule has 0 saturated heterocycles. The summed E-state index contributed by atoms with van der Waals surface area (Å²) in [6, 6.07) is 0. The molecule has 0 aliphatic rings. The molecule has 0 saturated carbocycles. The standard InChI is InChI=1S/As.BH3.Ni.Pd/h;1H3;;. The van der Waals surface area contributed by atoms with E-state index in [2.05, 4.69) is 0 Å². The minimum atomic E-state index is 0. The third-order valence-corrected chi connectivity index (χ3v) is 0. The van der Waals surface area contributed by atoms with Crippen LogP contribution in [0.2, 0.25) is 0 Å². The third kappa shape index (κ3) is 9.22. The van der Waals surface area contributed by atoms with Gasteiger partial charge in [0.15, 0.2) is 0 Å². The van der Waals surface area contributed by atoms with Crippen molar-refractivity contribution >= 4 is 26.4 Å². The summed E-state index contributed by atoms with van der Waals surface area (Å²) in [6.07, 6.45) is 0. The summed E-state index contributed by atoms with van der Waals surface area (Å²) >= 11 is 0. The summed E-state index contributed by atoms with van der Waals surface area (Å²) < 4.78 is 0. The van der Waals surface area contributed by atoms with Gasteiger partial charge in [-0.15, -0.1) is 0 Å². The molecule has 0 N–H and O–H groups in total. The first-order valence-electron chi connectivity index (χ1n) is 0. The van der Waals surface area contributed by atoms with Crippen molar-refractivity contribution in [3.8, 4) is 0 Å². The van der Waals surface area contributed by atoms with Gasteiger partial charge in [0.1, 0.15) is 0 Å². The van der Waals surface area contributed by atoms with E-state index in [1.165, 1.54) is 0 Å². The average molecular weight is 254 g/mol. The van der Waals surface area contributed by atoms with Crippen molar-refractivity contribution in [2.75, 3.05) is 0 Å². The zero-order valence-corrected chi connectivity index (χ0v) is 5.50. The van der Waals surface area contributed by atoms with Crippen LogP contribution in [-0.2, 0) is 36.9 Å². The van der Waals surface area contributed by atoms with E-state index in [0.29, 0.717) is 0 Å². The van der Waals surface area contributed by atoms with Gasteiger partial charge in [-0.05, 0) is 0 Å². The van der Waals surface area contributed by atoms with E-state index in [1.807, 2.05) is 0 Å². The third-order valence-electron chi connectivity index (χ3n) is 0. The molecule has 4 heteroatoms. The van der Waals surface area contributed by atoms with Crippen molar-refractivity contribution in [3.05, 3.63) is 0 Å². The van der Waals surface area contributed by atoms with Gasteiger partial charge in [0, 0.05) is 54.9 Å². The van der Waals surface area contributed by atoms with Crippen LogP contribution < -0.4 is 0 Å². The van der Waals surface area contributed by atoms with Crippen LogP contribution in [-0.4, -0.2) is 26.4 Å². The molecule has 31 valence electrons. The van der Waals surface area contributed by atoms with Crippen LogP contribution in [0.25, 0.3) is 0 Å². The normalized spacial score (nSPS) is 0. The Kier molecular flexibility index (Phi) is 225. The van der Waals surface area contributed by atoms with Crippen molar-refractivity contribution in [2.45, 2.75) is 0 Å². The molecule has 0 unspecified atom stereocenters. The van der Waals surface area contributed by atoms with E-state index in [9.17, 15) is 0 Å². The topological polar surface area (TPSA) is 0 Å². The monoisotopic (exact) mass is 253 g/mol. The van der Waals surface area contributed by atoms with E-state index >= 15 is 0 Å². The second kappa shape index (κ2) is 21.6. The minimum absolute atomic E-state index is 0. The van der Waals surface area contributed by atoms with E-state index in [1.54, 1.807) is 0 Å². The van der Waals surface area contributed by atoms with Gasteiger partial charge < -0.3 is 0 Å². The first-order chi connectivity index (χ1) is 0. The molecule has 3 radical (unpaired) electrons. The molecule has 0 fully saturated rings. The average Bonchev–Trinajstić information content (AvgIpc) is 0. The molecule has 0 aromatic rings. The Morgan fingerprint density at radius 3 is 1.00 bits per heavy atom. The quantitative estimate of drug-likeness (QED) is 0.458. The smallest absolute Gasteiger partial charge is 0 e. The predicted molar refractivity (Wildman–Crippen MR) is 15.7 cm³/mol. The van der Waals surface area contributed by atoms with Gasteiger partial charge in [0.2, 0.25) is 0 Å². The maximum absolute atomic E-state index is 0. The van der Waals surface area contributed by atoms with E-state index < -0.39 is 0 Å². The molecule has 0 bridgehead atoms. The summed E-state index contributed by atoms with van der Waals surface area (Å²) in [5.74, 6) is 0. The van der Waals surface area contributed by atoms with E-state index in [4.69, 9.17) is 0 Å². The van der Waals surface area contributed by atoms with Crippen LogP contribution in [0.15, 0.2) is 0 Å². The fourth-order valence-electron chi connectivity index (χ4n) is 0. The molecule has 0 atom stereocenters. The predicted octanol–water partition coefficient (Wildman–Crippen LogP) is -1.57. The fourth-order valence-corrected chi connectivity index (χ4v) is 0. The summed E-state index contributed by atoms with van der Waals surface area (Å²) in [6.45, 7) is 0. The molecule has 0 aliphatic carbocycles. The minimum Gasteiger partial charge on any atom is 0 e. The second-order valence-electron chi connectivity index (χ2n) is 0. The van der Waals surface area contributed by atoms with Gasteiger partial charge in [-0.1, -0.05) is 0 Å². The molecule has 0 spiro atoms. The van der Waals surface area contributed by atoms with Gasteiger partial charge >= 0.3 is 0 Å². The van der Waals surface area contributed by atoms with Crippen molar-refractivity contribution in [1.82, 2.24) is 0 Å². The zero-order valence-electron chi connectivity index (χ0n) is 1.08. The summed E-state index contributed by atoms with van der Waals surface area (Å²) in [7, 11) is 0. The van der Waals surface area contributed by atoms with Crippen molar-refractivity contribution < 1.29 is 36.9 Å². The van der Waals surface area contributed by atoms with Crippen LogP contribution in [0.5, 0.6) is 0 Å². The zero-order chi connectivity index (χ0) is 0. The Hall–Kier alpha value is 1.78. The molecule has 0 nitrogen and oxygen atoms in total. The molecular formula is H3AsBNiPd. The van der Waals surface area contributed by atoms with Gasteiger partial charge in [-0.25, -0.2) is 0 Å². The van der Waals surface area contributed by atoms with Crippen LogP contribution in [0.1, 0.15) is 0 Å². The Morgan fingerprint density at radius 1 is 1.00 bits per heavy atom. The van der Waals surface area contributed by atoms with Crippen LogP contribution in [0, 0.1) is 0 Å². The SMILES string of the molecule is B.[As].[Ni].[Pd]. The number of rotatable bonds is 0. The first-order valence-corrected chi connectivity index (χ1v) is 0. The number of hydrogen-bond donors (Lipinski definition) is 0. The Morgan fingerprint density at radius 2 is 1.00 bits per heavy atom. The van der Waals surface area contributed by atoms with E-state index in [-0.39, 0.29) is 63.3 Å². The fraction of sp³-hybridized carbons (Fsp3) is 0. The van der Waals surface area contributed by atoms with Crippen LogP contribution in [0.4, 0.5) is 0 Å². The maximum Gasteiger partial charge on any atom is 0.0814 e. The number of hydrogen-bond acceptors (Lipinski definition) is 0. The molecule has 0 heterocycles. The molecule has 0 aromatic carbocycles. The summed E-state index contributed by atoms with van der Waals surface area (Å²) in [4.78, 5) is 0. The summed E-state index contributed by atoms with van der Waals surface area (Å²) in [5, 5.41) is 0. The van der Waals surface area contributed by atoms with Gasteiger partial charge in [-0.2, -0.15) is 0 Å². The largest absolute Gasteiger partial charge is 0.0814 e. The molecule has 4 heavy (non-hydrogen) atoms. The molecule has 0 aromatic heterocycles. The summed E-state index contributed by atoms with van der Waals surface area (Å²) in [5.41, 5.74) is 0. The van der Waals surface area contributed by atoms with Crippen molar-refractivity contribution in [1.29, 1.82) is 0 Å². The van der Waals surface area contributed by atoms with E-state index in [0.717, 1.165) is 0 Å². The van der Waals surface area contributed by atoms with Crippen molar-refractivity contribution in [2.24, 2.45) is 0 Å². The molecule has 0 rings (SSSR count). The van der Waals surface area contributed by atoms with Crippen LogP contribution in [0.3, 0.4) is 0 Å². The molecule has 0 amide bonds. The Bertz CT molecular complexity index is 8.00. The first kappa shape index (κ1) is 41.7. The molecule has 0 aliphatic heterocycles. The van der Waals surface area contributed by atoms with Crippen LogP contribution >= 0.6 is 0 Å². The second-order valence-corrected chi connectivity index (χ2v) is 0. The maximum atomic E-state index is 0.